The molecule has 1 rings (SSSR count). The normalized spacial score (nSPS) is 12.4. The number of hydrogen-bond acceptors (Lipinski definition) is 3. The molecule has 0 amide bonds. The van der Waals surface area contributed by atoms with Crippen molar-refractivity contribution in [3.05, 3.63) is 29.8 Å². The number of benzene rings is 1. The van der Waals surface area contributed by atoms with Gasteiger partial charge in [0, 0.05) is 12.6 Å². The molecule has 0 aromatic heterocycles. The summed E-state index contributed by atoms with van der Waals surface area (Å²) in [5, 5.41) is 3.51. The van der Waals surface area contributed by atoms with Crippen LogP contribution in [0.4, 0.5) is 0 Å². The Bertz CT molecular complexity index is 311. The lowest BCUT2D eigenvalue weighted by molar-refractivity contribution is 0.414. The first-order valence-electron chi connectivity index (χ1n) is 6.86. The first kappa shape index (κ1) is 15.0. The highest BCUT2D eigenvalue weighted by Crippen LogP contribution is 2.12. The molecule has 0 aliphatic carbocycles. The van der Waals surface area contributed by atoms with Crippen LogP contribution < -0.4 is 15.8 Å². The van der Waals surface area contributed by atoms with Crippen molar-refractivity contribution in [2.45, 2.75) is 38.6 Å². The molecule has 3 nitrogen and oxygen atoms in total. The third-order valence-corrected chi connectivity index (χ3v) is 3.16. The van der Waals surface area contributed by atoms with Crippen molar-refractivity contribution in [3.8, 4) is 5.75 Å². The molecular weight excluding hydrogens is 224 g/mol. The molecule has 1 atom stereocenters. The highest BCUT2D eigenvalue weighted by Gasteiger charge is 2.03. The zero-order valence-electron chi connectivity index (χ0n) is 11.6. The third kappa shape index (κ3) is 5.52. The van der Waals surface area contributed by atoms with Gasteiger partial charge in [-0.05, 0) is 43.5 Å². The fraction of sp³-hybridized carbons (Fsp3) is 0.600. The molecule has 0 spiro atoms. The van der Waals surface area contributed by atoms with E-state index >= 15 is 0 Å². The van der Waals surface area contributed by atoms with Gasteiger partial charge in [-0.2, -0.15) is 0 Å². The van der Waals surface area contributed by atoms with Crippen molar-refractivity contribution in [3.63, 3.8) is 0 Å². The van der Waals surface area contributed by atoms with Gasteiger partial charge in [-0.25, -0.2) is 0 Å². The van der Waals surface area contributed by atoms with E-state index in [9.17, 15) is 0 Å². The van der Waals surface area contributed by atoms with E-state index in [0.717, 1.165) is 31.7 Å². The molecule has 0 saturated heterocycles. The van der Waals surface area contributed by atoms with Crippen molar-refractivity contribution in [1.29, 1.82) is 0 Å². The SMILES string of the molecule is CCC[C@H](CN)NCCCc1ccc(OC)cc1. The third-order valence-electron chi connectivity index (χ3n) is 3.16. The Labute approximate surface area is 111 Å². The number of rotatable bonds is 9. The first-order valence-corrected chi connectivity index (χ1v) is 6.86. The minimum atomic E-state index is 0.478. The Kier molecular flexibility index (Phi) is 7.46. The molecule has 3 N–H and O–H groups in total. The van der Waals surface area contributed by atoms with Crippen LogP contribution in [0.15, 0.2) is 24.3 Å². The molecule has 0 saturated carbocycles. The zero-order chi connectivity index (χ0) is 13.2. The molecule has 3 heteroatoms. The van der Waals surface area contributed by atoms with Gasteiger partial charge in [0.15, 0.2) is 0 Å². The average molecular weight is 250 g/mol. The van der Waals surface area contributed by atoms with Crippen LogP contribution in [0.5, 0.6) is 5.75 Å². The van der Waals surface area contributed by atoms with Gasteiger partial charge in [-0.15, -0.1) is 0 Å². The molecule has 18 heavy (non-hydrogen) atoms. The maximum Gasteiger partial charge on any atom is 0.118 e. The van der Waals surface area contributed by atoms with Crippen LogP contribution >= 0.6 is 0 Å². The predicted octanol–water partition coefficient (Wildman–Crippen LogP) is 2.34. The topological polar surface area (TPSA) is 47.3 Å². The van der Waals surface area contributed by atoms with E-state index in [1.165, 1.54) is 18.4 Å². The Balaban J connectivity index is 2.20. The molecule has 0 aliphatic rings. The first-order chi connectivity index (χ1) is 8.80. The van der Waals surface area contributed by atoms with Gasteiger partial charge >= 0.3 is 0 Å². The molecule has 1 aromatic rings. The maximum absolute atomic E-state index is 5.71. The Morgan fingerprint density at radius 3 is 2.56 bits per heavy atom. The lowest BCUT2D eigenvalue weighted by Gasteiger charge is -2.15. The number of ether oxygens (including phenoxy) is 1. The number of nitrogens with one attached hydrogen (secondary N) is 1. The molecule has 0 aliphatic heterocycles. The number of nitrogens with two attached hydrogens (primary N) is 1. The fourth-order valence-electron chi connectivity index (χ4n) is 2.04. The van der Waals surface area contributed by atoms with E-state index in [2.05, 4.69) is 24.4 Å². The monoisotopic (exact) mass is 250 g/mol. The van der Waals surface area contributed by atoms with E-state index in [4.69, 9.17) is 10.5 Å². The summed E-state index contributed by atoms with van der Waals surface area (Å²) in [6.07, 6.45) is 4.60. The lowest BCUT2D eigenvalue weighted by atomic mass is 10.1. The summed E-state index contributed by atoms with van der Waals surface area (Å²) in [6, 6.07) is 8.77. The molecule has 0 fully saturated rings. The number of hydrogen-bond donors (Lipinski definition) is 2. The van der Waals surface area contributed by atoms with Crippen LogP contribution in [-0.4, -0.2) is 26.2 Å². The van der Waals surface area contributed by atoms with Crippen molar-refractivity contribution >= 4 is 0 Å². The van der Waals surface area contributed by atoms with E-state index in [1.54, 1.807) is 7.11 Å². The van der Waals surface area contributed by atoms with Gasteiger partial charge in [0.2, 0.25) is 0 Å². The summed E-state index contributed by atoms with van der Waals surface area (Å²) in [5.41, 5.74) is 7.07. The maximum atomic E-state index is 5.71. The minimum absolute atomic E-state index is 0.478. The molecule has 0 bridgehead atoms. The Morgan fingerprint density at radius 1 is 1.28 bits per heavy atom. The molecule has 102 valence electrons. The summed E-state index contributed by atoms with van der Waals surface area (Å²) >= 11 is 0. The second-order valence-electron chi connectivity index (χ2n) is 4.63. The van der Waals surface area contributed by atoms with Crippen molar-refractivity contribution in [2.24, 2.45) is 5.73 Å². The largest absolute Gasteiger partial charge is 0.497 e. The van der Waals surface area contributed by atoms with Gasteiger partial charge in [-0.1, -0.05) is 25.5 Å². The van der Waals surface area contributed by atoms with Gasteiger partial charge in [0.05, 0.1) is 7.11 Å². The average Bonchev–Trinajstić information content (AvgIpc) is 2.43. The number of methoxy groups -OCH3 is 1. The fourth-order valence-corrected chi connectivity index (χ4v) is 2.04. The Hall–Kier alpha value is -1.06. The van der Waals surface area contributed by atoms with E-state index < -0.39 is 0 Å². The van der Waals surface area contributed by atoms with Crippen LogP contribution in [-0.2, 0) is 6.42 Å². The highest BCUT2D eigenvalue weighted by molar-refractivity contribution is 5.27. The van der Waals surface area contributed by atoms with Crippen LogP contribution in [0.2, 0.25) is 0 Å². The van der Waals surface area contributed by atoms with Gasteiger partial charge in [0.1, 0.15) is 5.75 Å². The second kappa shape index (κ2) is 8.95. The summed E-state index contributed by atoms with van der Waals surface area (Å²) in [6.45, 7) is 3.96. The standard InChI is InChI=1S/C15H26N2O/c1-3-5-14(12-16)17-11-4-6-13-7-9-15(18-2)10-8-13/h7-10,14,17H,3-6,11-12,16H2,1-2H3/t14-/m1/s1. The zero-order valence-corrected chi connectivity index (χ0v) is 11.6. The molecule has 0 unspecified atom stereocenters. The van der Waals surface area contributed by atoms with Crippen LogP contribution in [0, 0.1) is 0 Å². The van der Waals surface area contributed by atoms with Crippen molar-refractivity contribution in [1.82, 2.24) is 5.32 Å². The Morgan fingerprint density at radius 2 is 2.00 bits per heavy atom. The summed E-state index contributed by atoms with van der Waals surface area (Å²) < 4.78 is 5.14. The van der Waals surface area contributed by atoms with Crippen molar-refractivity contribution in [2.75, 3.05) is 20.2 Å². The minimum Gasteiger partial charge on any atom is -0.497 e. The summed E-state index contributed by atoms with van der Waals surface area (Å²) in [7, 11) is 1.69. The molecule has 0 heterocycles. The van der Waals surface area contributed by atoms with Gasteiger partial charge < -0.3 is 15.8 Å². The van der Waals surface area contributed by atoms with Crippen LogP contribution in [0.1, 0.15) is 31.7 Å². The van der Waals surface area contributed by atoms with E-state index in [-0.39, 0.29) is 0 Å². The summed E-state index contributed by atoms with van der Waals surface area (Å²) in [4.78, 5) is 0. The smallest absolute Gasteiger partial charge is 0.118 e. The van der Waals surface area contributed by atoms with Crippen molar-refractivity contribution < 1.29 is 4.74 Å². The lowest BCUT2D eigenvalue weighted by Crippen LogP contribution is -2.36. The molecular formula is C15H26N2O. The molecule has 1 aromatic carbocycles. The number of aryl methyl sites for hydroxylation is 1. The predicted molar refractivity (Wildman–Crippen MR) is 77.1 cm³/mol. The highest BCUT2D eigenvalue weighted by atomic mass is 16.5. The van der Waals surface area contributed by atoms with Gasteiger partial charge in [0.25, 0.3) is 0 Å². The summed E-state index contributed by atoms with van der Waals surface area (Å²) in [5.74, 6) is 0.919. The van der Waals surface area contributed by atoms with Crippen LogP contribution in [0.3, 0.4) is 0 Å². The van der Waals surface area contributed by atoms with Gasteiger partial charge in [-0.3, -0.25) is 0 Å². The van der Waals surface area contributed by atoms with E-state index in [1.807, 2.05) is 12.1 Å². The molecule has 0 radical (unpaired) electrons. The van der Waals surface area contributed by atoms with E-state index in [0.29, 0.717) is 6.04 Å². The van der Waals surface area contributed by atoms with Crippen LogP contribution in [0.25, 0.3) is 0 Å². The quantitative estimate of drug-likeness (QED) is 0.661. The second-order valence-corrected chi connectivity index (χ2v) is 4.63.